The lowest BCUT2D eigenvalue weighted by molar-refractivity contribution is -0.126. The average Bonchev–Trinajstić information content (AvgIpc) is 2.67. The number of amides is 1. The summed E-state index contributed by atoms with van der Waals surface area (Å²) in [4.78, 5) is 11.3. The Labute approximate surface area is 96.1 Å². The molecule has 0 saturated heterocycles. The van der Waals surface area contributed by atoms with Crippen LogP contribution in [0.15, 0.2) is 0 Å². The van der Waals surface area contributed by atoms with E-state index in [0.717, 1.165) is 19.3 Å². The molecule has 0 aromatic carbocycles. The van der Waals surface area contributed by atoms with Crippen LogP contribution in [0.5, 0.6) is 0 Å². The van der Waals surface area contributed by atoms with E-state index in [1.165, 1.54) is 0 Å². The van der Waals surface area contributed by atoms with Crippen LogP contribution in [0.2, 0.25) is 0 Å². The molecule has 0 aliphatic heterocycles. The Hall–Kier alpha value is -0.650. The molecule has 2 atom stereocenters. The highest BCUT2D eigenvalue weighted by molar-refractivity contribution is 5.77. The van der Waals surface area contributed by atoms with Crippen LogP contribution in [0.25, 0.3) is 0 Å². The number of ether oxygens (including phenoxy) is 2. The molecule has 0 aromatic rings. The molecular formula is C11H21NO4. The summed E-state index contributed by atoms with van der Waals surface area (Å²) >= 11 is 0. The van der Waals surface area contributed by atoms with Crippen LogP contribution >= 0.6 is 0 Å². The van der Waals surface area contributed by atoms with Gasteiger partial charge in [0.2, 0.25) is 5.91 Å². The maximum atomic E-state index is 11.3. The molecule has 5 nitrogen and oxygen atoms in total. The third-order valence-electron chi connectivity index (χ3n) is 2.85. The summed E-state index contributed by atoms with van der Waals surface area (Å²) in [5.41, 5.74) is 0. The first-order chi connectivity index (χ1) is 7.74. The second-order valence-electron chi connectivity index (χ2n) is 4.11. The number of hydrogen-bond donors (Lipinski definition) is 2. The number of nitrogens with one attached hydrogen (secondary N) is 1. The van der Waals surface area contributed by atoms with Crippen LogP contribution in [0, 0.1) is 5.92 Å². The van der Waals surface area contributed by atoms with E-state index in [4.69, 9.17) is 9.47 Å². The highest BCUT2D eigenvalue weighted by Crippen LogP contribution is 2.24. The zero-order chi connectivity index (χ0) is 11.8. The molecule has 94 valence electrons. The quantitative estimate of drug-likeness (QED) is 0.602. The number of carbonyl (C=O) groups is 1. The molecule has 5 heteroatoms. The Morgan fingerprint density at radius 2 is 2.25 bits per heavy atom. The second-order valence-corrected chi connectivity index (χ2v) is 4.11. The summed E-state index contributed by atoms with van der Waals surface area (Å²) in [6.45, 7) is 1.53. The minimum Gasteiger partial charge on any atom is -0.393 e. The van der Waals surface area contributed by atoms with E-state index in [9.17, 15) is 9.90 Å². The standard InChI is InChI=1S/C11H21NO4/c1-15-5-6-16-8-11(14)12-7-9-3-2-4-10(9)13/h9-10,13H,2-8H2,1H3,(H,12,14). The van der Waals surface area contributed by atoms with E-state index in [1.54, 1.807) is 7.11 Å². The Bertz CT molecular complexity index is 210. The monoisotopic (exact) mass is 231 g/mol. The van der Waals surface area contributed by atoms with Crippen LogP contribution in [0.3, 0.4) is 0 Å². The number of hydrogen-bond acceptors (Lipinski definition) is 4. The van der Waals surface area contributed by atoms with Gasteiger partial charge in [-0.2, -0.15) is 0 Å². The molecular weight excluding hydrogens is 210 g/mol. The van der Waals surface area contributed by atoms with Gasteiger partial charge in [-0.1, -0.05) is 6.42 Å². The number of rotatable bonds is 7. The van der Waals surface area contributed by atoms with Gasteiger partial charge < -0.3 is 19.9 Å². The van der Waals surface area contributed by atoms with E-state index in [-0.39, 0.29) is 24.5 Å². The smallest absolute Gasteiger partial charge is 0.246 e. The predicted molar refractivity (Wildman–Crippen MR) is 59.1 cm³/mol. The van der Waals surface area contributed by atoms with Crippen LogP contribution in [0.4, 0.5) is 0 Å². The molecule has 1 rings (SSSR count). The van der Waals surface area contributed by atoms with E-state index < -0.39 is 0 Å². The number of carbonyl (C=O) groups excluding carboxylic acids is 1. The lowest BCUT2D eigenvalue weighted by atomic mass is 10.1. The van der Waals surface area contributed by atoms with Crippen molar-refractivity contribution in [2.75, 3.05) is 33.5 Å². The van der Waals surface area contributed by atoms with E-state index in [1.807, 2.05) is 0 Å². The second kappa shape index (κ2) is 7.60. The highest BCUT2D eigenvalue weighted by atomic mass is 16.5. The molecule has 0 bridgehead atoms. The molecule has 1 saturated carbocycles. The van der Waals surface area contributed by atoms with Gasteiger partial charge in [-0.15, -0.1) is 0 Å². The molecule has 0 spiro atoms. The summed E-state index contributed by atoms with van der Waals surface area (Å²) in [6.07, 6.45) is 2.64. The van der Waals surface area contributed by atoms with Crippen molar-refractivity contribution in [3.63, 3.8) is 0 Å². The SMILES string of the molecule is COCCOCC(=O)NCC1CCCC1O. The van der Waals surface area contributed by atoms with Crippen molar-refractivity contribution >= 4 is 5.91 Å². The fraction of sp³-hybridized carbons (Fsp3) is 0.909. The summed E-state index contributed by atoms with van der Waals surface area (Å²) in [5.74, 6) is 0.0816. The summed E-state index contributed by atoms with van der Waals surface area (Å²) in [6, 6.07) is 0. The topological polar surface area (TPSA) is 67.8 Å². The number of aliphatic hydroxyl groups excluding tert-OH is 1. The van der Waals surface area contributed by atoms with Crippen LogP contribution in [0.1, 0.15) is 19.3 Å². The van der Waals surface area contributed by atoms with Crippen molar-refractivity contribution in [3.05, 3.63) is 0 Å². The fourth-order valence-electron chi connectivity index (χ4n) is 1.86. The third-order valence-corrected chi connectivity index (χ3v) is 2.85. The average molecular weight is 231 g/mol. The van der Waals surface area contributed by atoms with Gasteiger partial charge >= 0.3 is 0 Å². The van der Waals surface area contributed by atoms with Gasteiger partial charge in [-0.3, -0.25) is 4.79 Å². The van der Waals surface area contributed by atoms with Crippen LogP contribution in [-0.2, 0) is 14.3 Å². The molecule has 1 aliphatic rings. The molecule has 2 N–H and O–H groups in total. The molecule has 0 radical (unpaired) electrons. The molecule has 1 amide bonds. The van der Waals surface area contributed by atoms with Crippen LogP contribution < -0.4 is 5.32 Å². The maximum Gasteiger partial charge on any atom is 0.246 e. The van der Waals surface area contributed by atoms with Crippen molar-refractivity contribution in [2.45, 2.75) is 25.4 Å². The first kappa shape index (κ1) is 13.4. The van der Waals surface area contributed by atoms with Crippen molar-refractivity contribution in [2.24, 2.45) is 5.92 Å². The summed E-state index contributed by atoms with van der Waals surface area (Å²) in [5, 5.41) is 12.3. The van der Waals surface area contributed by atoms with E-state index >= 15 is 0 Å². The first-order valence-corrected chi connectivity index (χ1v) is 5.75. The van der Waals surface area contributed by atoms with Gasteiger partial charge in [0, 0.05) is 19.6 Å². The van der Waals surface area contributed by atoms with Crippen LogP contribution in [-0.4, -0.2) is 50.6 Å². The molecule has 1 fully saturated rings. The normalized spacial score (nSPS) is 24.6. The zero-order valence-electron chi connectivity index (χ0n) is 9.78. The number of methoxy groups -OCH3 is 1. The molecule has 0 aromatic heterocycles. The Balaban J connectivity index is 2.01. The summed E-state index contributed by atoms with van der Waals surface area (Å²) < 4.78 is 9.87. The van der Waals surface area contributed by atoms with Gasteiger partial charge in [0.05, 0.1) is 19.3 Å². The van der Waals surface area contributed by atoms with Crippen molar-refractivity contribution in [1.82, 2.24) is 5.32 Å². The van der Waals surface area contributed by atoms with Crippen molar-refractivity contribution < 1.29 is 19.4 Å². The van der Waals surface area contributed by atoms with Gasteiger partial charge in [0.1, 0.15) is 6.61 Å². The Morgan fingerprint density at radius 3 is 2.88 bits per heavy atom. The van der Waals surface area contributed by atoms with E-state index in [0.29, 0.717) is 19.8 Å². The lowest BCUT2D eigenvalue weighted by Gasteiger charge is -2.14. The molecule has 1 aliphatic carbocycles. The Morgan fingerprint density at radius 1 is 1.44 bits per heavy atom. The molecule has 0 heterocycles. The minimum atomic E-state index is -0.255. The Kier molecular flexibility index (Phi) is 6.37. The fourth-order valence-corrected chi connectivity index (χ4v) is 1.86. The predicted octanol–water partition coefficient (Wildman–Crippen LogP) is -0.0734. The van der Waals surface area contributed by atoms with Gasteiger partial charge in [0.25, 0.3) is 0 Å². The zero-order valence-corrected chi connectivity index (χ0v) is 9.78. The molecule has 2 unspecified atom stereocenters. The third kappa shape index (κ3) is 4.92. The van der Waals surface area contributed by atoms with E-state index in [2.05, 4.69) is 5.32 Å². The summed E-state index contributed by atoms with van der Waals surface area (Å²) in [7, 11) is 1.59. The van der Waals surface area contributed by atoms with Crippen molar-refractivity contribution in [1.29, 1.82) is 0 Å². The van der Waals surface area contributed by atoms with Gasteiger partial charge in [-0.05, 0) is 12.8 Å². The van der Waals surface area contributed by atoms with Crippen molar-refractivity contribution in [3.8, 4) is 0 Å². The minimum absolute atomic E-state index is 0.0617. The largest absolute Gasteiger partial charge is 0.393 e. The lowest BCUT2D eigenvalue weighted by Crippen LogP contribution is -2.34. The maximum absolute atomic E-state index is 11.3. The molecule has 16 heavy (non-hydrogen) atoms. The van der Waals surface area contributed by atoms with Gasteiger partial charge in [0.15, 0.2) is 0 Å². The first-order valence-electron chi connectivity index (χ1n) is 5.75. The van der Waals surface area contributed by atoms with Gasteiger partial charge in [-0.25, -0.2) is 0 Å². The number of aliphatic hydroxyl groups is 1. The highest BCUT2D eigenvalue weighted by Gasteiger charge is 2.25.